The van der Waals surface area contributed by atoms with E-state index in [1.54, 1.807) is 15.9 Å². The van der Waals surface area contributed by atoms with Crippen LogP contribution in [0.4, 0.5) is 10.6 Å². The van der Waals surface area contributed by atoms with Crippen molar-refractivity contribution < 1.29 is 19.1 Å². The Morgan fingerprint density at radius 3 is 2.40 bits per heavy atom. The minimum atomic E-state index is -0.576. The van der Waals surface area contributed by atoms with Crippen molar-refractivity contribution in [2.75, 3.05) is 38.1 Å². The first-order valence-corrected chi connectivity index (χ1v) is 12.3. The average Bonchev–Trinajstić information content (AvgIpc) is 2.89. The molecule has 35 heavy (non-hydrogen) atoms. The number of ether oxygens (including phenoxy) is 1. The number of hydrogen-bond acceptors (Lipinski definition) is 5. The Hall–Kier alpha value is -3.62. The summed E-state index contributed by atoms with van der Waals surface area (Å²) in [6, 6.07) is 10.1. The number of rotatable bonds is 7. The molecule has 1 aromatic heterocycles. The molecule has 9 nitrogen and oxygen atoms in total. The van der Waals surface area contributed by atoms with Crippen molar-refractivity contribution in [3.63, 3.8) is 0 Å². The van der Waals surface area contributed by atoms with Gasteiger partial charge in [0.1, 0.15) is 11.6 Å². The summed E-state index contributed by atoms with van der Waals surface area (Å²) in [7, 11) is 0. The van der Waals surface area contributed by atoms with E-state index in [4.69, 9.17) is 10.5 Å². The third-order valence-corrected chi connectivity index (χ3v) is 6.74. The minimum absolute atomic E-state index is 0.0634. The molecule has 2 aromatic rings. The Morgan fingerprint density at radius 2 is 1.71 bits per heavy atom. The quantitative estimate of drug-likeness (QED) is 0.630. The minimum Gasteiger partial charge on any atom is -0.494 e. The summed E-state index contributed by atoms with van der Waals surface area (Å²) in [6.45, 7) is 2.37. The van der Waals surface area contributed by atoms with Gasteiger partial charge in [-0.1, -0.05) is 38.2 Å². The number of primary amides is 1. The summed E-state index contributed by atoms with van der Waals surface area (Å²) < 4.78 is 5.95. The van der Waals surface area contributed by atoms with Crippen molar-refractivity contribution in [1.29, 1.82) is 0 Å². The molecule has 1 aliphatic carbocycles. The first kappa shape index (κ1) is 24.5. The van der Waals surface area contributed by atoms with Crippen LogP contribution in [0.5, 0.6) is 5.75 Å². The van der Waals surface area contributed by atoms with Gasteiger partial charge in [-0.3, -0.25) is 14.9 Å². The van der Waals surface area contributed by atoms with Gasteiger partial charge in [-0.15, -0.1) is 0 Å². The summed E-state index contributed by atoms with van der Waals surface area (Å²) in [5.41, 5.74) is 6.07. The number of benzene rings is 1. The van der Waals surface area contributed by atoms with E-state index < -0.39 is 5.91 Å². The fourth-order valence-corrected chi connectivity index (χ4v) is 4.64. The molecule has 4 amide bonds. The molecule has 0 bridgehead atoms. The summed E-state index contributed by atoms with van der Waals surface area (Å²) in [5, 5.41) is 2.71. The number of pyridine rings is 1. The average molecular weight is 480 g/mol. The summed E-state index contributed by atoms with van der Waals surface area (Å²) in [4.78, 5) is 44.2. The first-order chi connectivity index (χ1) is 17.0. The van der Waals surface area contributed by atoms with Crippen LogP contribution in [0.15, 0.2) is 42.6 Å². The number of hydrogen-bond donors (Lipinski definition) is 2. The van der Waals surface area contributed by atoms with E-state index in [0.717, 1.165) is 18.1 Å². The molecule has 9 heteroatoms. The van der Waals surface area contributed by atoms with E-state index in [1.807, 2.05) is 18.2 Å². The Balaban J connectivity index is 1.24. The molecule has 1 saturated carbocycles. The van der Waals surface area contributed by atoms with Crippen molar-refractivity contribution in [2.45, 2.75) is 38.5 Å². The van der Waals surface area contributed by atoms with Crippen LogP contribution in [0.3, 0.4) is 0 Å². The number of nitrogens with two attached hydrogens (primary N) is 1. The maximum absolute atomic E-state index is 13.0. The molecular weight excluding hydrogens is 446 g/mol. The topological polar surface area (TPSA) is 118 Å². The second-order valence-electron chi connectivity index (χ2n) is 9.17. The van der Waals surface area contributed by atoms with Gasteiger partial charge in [0, 0.05) is 37.9 Å². The predicted octanol–water partition coefficient (Wildman–Crippen LogP) is 3.52. The number of nitrogens with zero attached hydrogens (tertiary/aromatic N) is 3. The van der Waals surface area contributed by atoms with Crippen LogP contribution in [-0.4, -0.2) is 65.4 Å². The van der Waals surface area contributed by atoms with Gasteiger partial charge in [-0.05, 0) is 42.7 Å². The number of carbonyl (C=O) groups is 3. The molecule has 0 radical (unpaired) electrons. The van der Waals surface area contributed by atoms with Gasteiger partial charge in [-0.25, -0.2) is 9.78 Å². The molecule has 4 rings (SSSR count). The zero-order valence-electron chi connectivity index (χ0n) is 19.9. The maximum Gasteiger partial charge on any atom is 0.323 e. The highest BCUT2D eigenvalue weighted by atomic mass is 16.5. The van der Waals surface area contributed by atoms with E-state index in [9.17, 15) is 14.4 Å². The van der Waals surface area contributed by atoms with E-state index >= 15 is 0 Å². The first-order valence-electron chi connectivity index (χ1n) is 12.3. The van der Waals surface area contributed by atoms with Crippen LogP contribution in [0.2, 0.25) is 0 Å². The largest absolute Gasteiger partial charge is 0.494 e. The lowest BCUT2D eigenvalue weighted by molar-refractivity contribution is 0.0671. The predicted molar refractivity (Wildman–Crippen MR) is 132 cm³/mol. The van der Waals surface area contributed by atoms with Gasteiger partial charge in [0.25, 0.3) is 5.91 Å². The molecular formula is C26H33N5O4. The molecule has 1 aromatic carbocycles. The van der Waals surface area contributed by atoms with Crippen molar-refractivity contribution in [2.24, 2.45) is 11.7 Å². The fraction of sp³-hybridized carbons (Fsp3) is 0.462. The summed E-state index contributed by atoms with van der Waals surface area (Å²) in [5.74, 6) is 1.17. The second-order valence-corrected chi connectivity index (χ2v) is 9.17. The van der Waals surface area contributed by atoms with Gasteiger partial charge in [0.2, 0.25) is 5.91 Å². The molecule has 2 heterocycles. The second kappa shape index (κ2) is 11.7. The molecule has 0 spiro atoms. The third-order valence-electron chi connectivity index (χ3n) is 6.74. The van der Waals surface area contributed by atoms with E-state index in [0.29, 0.717) is 44.2 Å². The molecule has 3 N–H and O–H groups in total. The van der Waals surface area contributed by atoms with Crippen molar-refractivity contribution in [3.05, 3.63) is 53.7 Å². The number of piperazine rings is 1. The van der Waals surface area contributed by atoms with Gasteiger partial charge in [0.15, 0.2) is 0 Å². The highest BCUT2D eigenvalue weighted by Crippen LogP contribution is 2.26. The number of carbonyl (C=O) groups excluding carboxylic acids is 3. The Morgan fingerprint density at radius 1 is 0.971 bits per heavy atom. The third kappa shape index (κ3) is 6.71. The maximum atomic E-state index is 13.0. The number of aromatic nitrogens is 1. The summed E-state index contributed by atoms with van der Waals surface area (Å²) in [6.07, 6.45) is 8.97. The van der Waals surface area contributed by atoms with Gasteiger partial charge in [0.05, 0.1) is 12.2 Å². The summed E-state index contributed by atoms with van der Waals surface area (Å²) >= 11 is 0. The Bertz CT molecular complexity index is 1030. The zero-order chi connectivity index (χ0) is 24.6. The Labute approximate surface area is 205 Å². The highest BCUT2D eigenvalue weighted by molar-refractivity contribution is 5.95. The molecule has 186 valence electrons. The number of urea groups is 1. The van der Waals surface area contributed by atoms with Crippen LogP contribution in [0, 0.1) is 5.92 Å². The smallest absolute Gasteiger partial charge is 0.323 e. The van der Waals surface area contributed by atoms with E-state index in [-0.39, 0.29) is 17.5 Å². The van der Waals surface area contributed by atoms with E-state index in [1.165, 1.54) is 50.4 Å². The van der Waals surface area contributed by atoms with E-state index in [2.05, 4.69) is 10.3 Å². The van der Waals surface area contributed by atoms with Gasteiger partial charge < -0.3 is 20.3 Å². The molecule has 1 aliphatic heterocycles. The number of nitrogens with one attached hydrogen (secondary N) is 1. The van der Waals surface area contributed by atoms with Crippen LogP contribution in [0.25, 0.3) is 0 Å². The van der Waals surface area contributed by atoms with Crippen LogP contribution < -0.4 is 15.8 Å². The van der Waals surface area contributed by atoms with Crippen molar-refractivity contribution in [1.82, 2.24) is 14.8 Å². The molecule has 2 fully saturated rings. The monoisotopic (exact) mass is 479 g/mol. The lowest BCUT2D eigenvalue weighted by atomic mass is 9.87. The van der Waals surface area contributed by atoms with Crippen molar-refractivity contribution >= 4 is 23.7 Å². The van der Waals surface area contributed by atoms with Crippen LogP contribution in [0.1, 0.15) is 59.2 Å². The molecule has 2 aliphatic rings. The van der Waals surface area contributed by atoms with Crippen LogP contribution >= 0.6 is 0 Å². The molecule has 0 atom stereocenters. The fourth-order valence-electron chi connectivity index (χ4n) is 4.64. The van der Waals surface area contributed by atoms with Gasteiger partial charge >= 0.3 is 6.03 Å². The Kier molecular flexibility index (Phi) is 8.18. The lowest BCUT2D eigenvalue weighted by Gasteiger charge is -2.34. The standard InChI is InChI=1S/C26H33N5O4/c27-24(32)21-9-10-23(28-18-21)29-26(34)31-14-12-30(13-15-31)25(33)20-7-4-8-22(17-20)35-16-11-19-5-2-1-3-6-19/h4,7-10,17-19H,1-3,5-6,11-16H2,(H2,27,32)(H,28,29,34). The number of anilines is 1. The van der Waals surface area contributed by atoms with Crippen LogP contribution in [-0.2, 0) is 0 Å². The van der Waals surface area contributed by atoms with Crippen molar-refractivity contribution in [3.8, 4) is 5.75 Å². The lowest BCUT2D eigenvalue weighted by Crippen LogP contribution is -2.51. The van der Waals surface area contributed by atoms with Gasteiger partial charge in [-0.2, -0.15) is 0 Å². The molecule has 1 saturated heterocycles. The normalized spacial score (nSPS) is 16.6. The number of amides is 4. The zero-order valence-corrected chi connectivity index (χ0v) is 19.9. The molecule has 0 unspecified atom stereocenters. The highest BCUT2D eigenvalue weighted by Gasteiger charge is 2.25. The SMILES string of the molecule is NC(=O)c1ccc(NC(=O)N2CCN(C(=O)c3cccc(OCCC4CCCCC4)c3)CC2)nc1.